The second-order valence-electron chi connectivity index (χ2n) is 18.8. The number of halogens is 3. The number of aryl methyl sites for hydroxylation is 1. The van der Waals surface area contributed by atoms with E-state index in [4.69, 9.17) is 13.1 Å². The Morgan fingerprint density at radius 2 is 0.766 bits per heavy atom. The van der Waals surface area contributed by atoms with Gasteiger partial charge in [-0.3, -0.25) is 0 Å². The molecule has 7 nitrogen and oxygen atoms in total. The zero-order valence-corrected chi connectivity index (χ0v) is 40.8. The van der Waals surface area contributed by atoms with Gasteiger partial charge in [0, 0.05) is 21.5 Å². The molecule has 10 heteroatoms. The lowest BCUT2D eigenvalue weighted by atomic mass is 9.92. The Hall–Kier alpha value is -11.0. The molecule has 12 rings (SSSR count). The van der Waals surface area contributed by atoms with Crippen molar-refractivity contribution in [2.75, 3.05) is 0 Å². The van der Waals surface area contributed by atoms with Gasteiger partial charge in [-0.1, -0.05) is 97.1 Å². The van der Waals surface area contributed by atoms with Crippen LogP contribution in [0.3, 0.4) is 0 Å². The van der Waals surface area contributed by atoms with Gasteiger partial charge in [0.05, 0.1) is 75.4 Å². The Morgan fingerprint density at radius 3 is 1.13 bits per heavy atom. The third kappa shape index (κ3) is 8.06. The molecule has 10 aromatic carbocycles. The van der Waals surface area contributed by atoms with Gasteiger partial charge in [-0.05, 0) is 171 Å². The van der Waals surface area contributed by atoms with Gasteiger partial charge in [-0.25, -0.2) is 9.69 Å². The van der Waals surface area contributed by atoms with Crippen molar-refractivity contribution in [3.8, 4) is 85.2 Å². The highest BCUT2D eigenvalue weighted by Gasteiger charge is 2.35. The molecule has 0 aliphatic carbocycles. The maximum atomic E-state index is 15.4. The maximum absolute atomic E-state index is 15.4. The first-order chi connectivity index (χ1) is 37.5. The van der Waals surface area contributed by atoms with Crippen molar-refractivity contribution >= 4 is 55.0 Å². The first-order valence-electron chi connectivity index (χ1n) is 24.4. The van der Waals surface area contributed by atoms with Crippen molar-refractivity contribution in [2.24, 2.45) is 0 Å². The first-order valence-corrected chi connectivity index (χ1v) is 24.4. The maximum Gasteiger partial charge on any atom is 0.417 e. The molecule has 0 saturated carbocycles. The van der Waals surface area contributed by atoms with Gasteiger partial charge >= 0.3 is 6.18 Å². The van der Waals surface area contributed by atoms with Crippen LogP contribution in [0.2, 0.25) is 0 Å². The molecule has 0 unspecified atom stereocenters. The summed E-state index contributed by atoms with van der Waals surface area (Å²) in [6, 6.07) is 67.5. The van der Waals surface area contributed by atoms with E-state index < -0.39 is 11.7 Å². The molecule has 0 saturated heterocycles. The smallest absolute Gasteiger partial charge is 0.308 e. The monoisotopic (exact) mass is 995 g/mol. The summed E-state index contributed by atoms with van der Waals surface area (Å²) in [5.41, 5.74) is 11.8. The van der Waals surface area contributed by atoms with Crippen LogP contribution in [0.1, 0.15) is 27.8 Å². The molecule has 0 aliphatic heterocycles. The summed E-state index contributed by atoms with van der Waals surface area (Å²) >= 11 is 0. The summed E-state index contributed by atoms with van der Waals surface area (Å²) in [6.45, 7) is 17.1. The van der Waals surface area contributed by atoms with Crippen molar-refractivity contribution in [1.82, 2.24) is 9.13 Å². The zero-order valence-electron chi connectivity index (χ0n) is 40.8. The van der Waals surface area contributed by atoms with Crippen molar-refractivity contribution < 1.29 is 13.2 Å². The van der Waals surface area contributed by atoms with E-state index in [0.29, 0.717) is 61.5 Å². The number of alkyl halides is 3. The molecule has 77 heavy (non-hydrogen) atoms. The van der Waals surface area contributed by atoms with Gasteiger partial charge in [0.15, 0.2) is 11.4 Å². The fourth-order valence-electron chi connectivity index (χ4n) is 10.8. The fraction of sp³-hybridized carbons (Fsp3) is 0.0299. The molecule has 0 spiro atoms. The highest BCUT2D eigenvalue weighted by molar-refractivity contribution is 6.14. The minimum Gasteiger partial charge on any atom is -0.308 e. The van der Waals surface area contributed by atoms with Crippen LogP contribution < -0.4 is 0 Å². The van der Waals surface area contributed by atoms with Gasteiger partial charge in [-0.2, -0.15) is 29.0 Å². The molecule has 0 aliphatic rings. The summed E-state index contributed by atoms with van der Waals surface area (Å²) in [6.07, 6.45) is -4.74. The number of nitriles is 3. The van der Waals surface area contributed by atoms with Crippen LogP contribution in [0.5, 0.6) is 0 Å². The van der Waals surface area contributed by atoms with Gasteiger partial charge in [-0.15, -0.1) is 0 Å². The summed E-state index contributed by atoms with van der Waals surface area (Å²) in [5, 5.41) is 34.6. The predicted octanol–water partition coefficient (Wildman–Crippen LogP) is 18.3. The van der Waals surface area contributed by atoms with E-state index in [1.165, 1.54) is 6.07 Å². The van der Waals surface area contributed by atoms with Gasteiger partial charge in [0.1, 0.15) is 11.6 Å². The van der Waals surface area contributed by atoms with E-state index in [1.807, 2.05) is 155 Å². The number of hydrogen-bond donors (Lipinski definition) is 0. The molecule has 0 bridgehead atoms. The zero-order chi connectivity index (χ0) is 53.1. The quantitative estimate of drug-likeness (QED) is 0.149. The lowest BCUT2D eigenvalue weighted by Crippen LogP contribution is -2.10. The molecule has 2 heterocycles. The molecule has 0 atom stereocenters. The Morgan fingerprint density at radius 1 is 0.403 bits per heavy atom. The number of hydrogen-bond acceptors (Lipinski definition) is 3. The molecule has 0 fully saturated rings. The summed E-state index contributed by atoms with van der Waals surface area (Å²) in [4.78, 5) is 7.34. The molecule has 2 aromatic heterocycles. The highest BCUT2D eigenvalue weighted by atomic mass is 19.4. The Balaban J connectivity index is 1.21. The Bertz CT molecular complexity index is 4220. The fourth-order valence-corrected chi connectivity index (χ4v) is 10.8. The molecule has 360 valence electrons. The standard InChI is InChI=1S/C67H36F3N7/c1-40-9-4-18-59(67(68,69)70)66(40)51-35-64(76-60-23-19-47(43-12-5-10-41(27-43)37-71)31-54(60)55-32-48(20-24-61(55)76)44-13-6-11-42(28-44)38-72)58(39-73)65(36-51)77-62-25-21-49(45-14-7-16-52(29-45)74-2)33-56(62)57-34-50(22-26-63(57)77)46-15-8-17-53(30-46)75-3/h4-36H,1H3. The number of aromatic nitrogens is 2. The number of fused-ring (bicyclic) bond motifs is 6. The minimum absolute atomic E-state index is 0.0307. The average molecular weight is 996 g/mol. The largest absolute Gasteiger partial charge is 0.417 e. The van der Waals surface area contributed by atoms with Crippen molar-refractivity contribution in [3.63, 3.8) is 0 Å². The van der Waals surface area contributed by atoms with Crippen LogP contribution in [0.15, 0.2) is 200 Å². The Kier molecular flexibility index (Phi) is 11.3. The molecule has 0 amide bonds. The molecule has 0 N–H and O–H groups in total. The second-order valence-corrected chi connectivity index (χ2v) is 18.8. The predicted molar refractivity (Wildman–Crippen MR) is 299 cm³/mol. The van der Waals surface area contributed by atoms with E-state index in [2.05, 4.69) is 27.9 Å². The third-order valence-electron chi connectivity index (χ3n) is 14.4. The van der Waals surface area contributed by atoms with E-state index in [0.717, 1.165) is 72.1 Å². The van der Waals surface area contributed by atoms with Crippen LogP contribution in [-0.2, 0) is 6.18 Å². The topological polar surface area (TPSA) is 89.9 Å². The van der Waals surface area contributed by atoms with Gasteiger partial charge < -0.3 is 9.13 Å². The lowest BCUT2D eigenvalue weighted by Gasteiger charge is -2.21. The van der Waals surface area contributed by atoms with Crippen LogP contribution in [0.4, 0.5) is 24.5 Å². The SMILES string of the molecule is [C-]#[N+]c1cccc(-c2ccc3c(c2)c2cc(-c4cccc([N+]#[C-])c4)ccc2n3-c2cc(-c3c(C)cccc3C(F)(F)F)cc(-n3c4ccc(-c5cccc(C#N)c5)cc4c4cc(-c5cccc(C#N)c5)ccc43)c2C#N)c1. The number of benzene rings is 10. The van der Waals surface area contributed by atoms with Gasteiger partial charge in [0.25, 0.3) is 0 Å². The normalized spacial score (nSPS) is 11.3. The highest BCUT2D eigenvalue weighted by Crippen LogP contribution is 2.46. The first kappa shape index (κ1) is 47.1. The van der Waals surface area contributed by atoms with Crippen LogP contribution in [0, 0.1) is 54.1 Å². The number of rotatable bonds is 7. The van der Waals surface area contributed by atoms with Crippen LogP contribution >= 0.6 is 0 Å². The van der Waals surface area contributed by atoms with Crippen molar-refractivity contribution in [2.45, 2.75) is 13.1 Å². The molecular weight excluding hydrogens is 960 g/mol. The van der Waals surface area contributed by atoms with Crippen LogP contribution in [-0.4, -0.2) is 9.13 Å². The third-order valence-corrected chi connectivity index (χ3v) is 14.4. The van der Waals surface area contributed by atoms with Gasteiger partial charge in [0.2, 0.25) is 0 Å². The molecule has 0 radical (unpaired) electrons. The summed E-state index contributed by atoms with van der Waals surface area (Å²) in [5.74, 6) is 0. The van der Waals surface area contributed by atoms with Crippen molar-refractivity contribution in [1.29, 1.82) is 15.8 Å². The summed E-state index contributed by atoms with van der Waals surface area (Å²) < 4.78 is 50.1. The average Bonchev–Trinajstić information content (AvgIpc) is 4.04. The van der Waals surface area contributed by atoms with E-state index in [9.17, 15) is 15.8 Å². The van der Waals surface area contributed by atoms with Crippen LogP contribution in [0.25, 0.3) is 120 Å². The minimum atomic E-state index is -4.74. The molecule has 12 aromatic rings. The molecular formula is C67H36F3N7. The Labute approximate surface area is 440 Å². The second kappa shape index (κ2) is 18.5. The summed E-state index contributed by atoms with van der Waals surface area (Å²) in [7, 11) is 0. The van der Waals surface area contributed by atoms with Crippen molar-refractivity contribution in [3.05, 3.63) is 251 Å². The van der Waals surface area contributed by atoms with E-state index >= 15 is 13.2 Å². The van der Waals surface area contributed by atoms with E-state index in [1.54, 1.807) is 49.4 Å². The van der Waals surface area contributed by atoms with E-state index in [-0.39, 0.29) is 16.7 Å². The lowest BCUT2D eigenvalue weighted by molar-refractivity contribution is -0.137. The number of nitrogens with zero attached hydrogens (tertiary/aromatic N) is 7.